The van der Waals surface area contributed by atoms with Crippen LogP contribution < -0.4 is 10.6 Å². The highest BCUT2D eigenvalue weighted by Gasteiger charge is 2.24. The second kappa shape index (κ2) is 6.76. The summed E-state index contributed by atoms with van der Waals surface area (Å²) in [6, 6.07) is 5.71. The molecule has 5 nitrogen and oxygen atoms in total. The fourth-order valence-electron chi connectivity index (χ4n) is 2.50. The van der Waals surface area contributed by atoms with Gasteiger partial charge in [0.05, 0.1) is 0 Å². The molecule has 21 heavy (non-hydrogen) atoms. The summed E-state index contributed by atoms with van der Waals surface area (Å²) in [5.41, 5.74) is 7.15. The lowest BCUT2D eigenvalue weighted by atomic mass is 9.95. The number of hydrogen-bond acceptors (Lipinski definition) is 3. The topological polar surface area (TPSA) is 83.6 Å². The average molecular weight is 353 g/mol. The first-order valence-electron chi connectivity index (χ1n) is 6.72. The molecule has 0 saturated carbocycles. The third-order valence-electron chi connectivity index (χ3n) is 3.64. The summed E-state index contributed by atoms with van der Waals surface area (Å²) in [7, 11) is 0. The summed E-state index contributed by atoms with van der Waals surface area (Å²) in [4.78, 5) is 24.1. The molecule has 1 aliphatic heterocycles. The third kappa shape index (κ3) is 4.07. The highest BCUT2D eigenvalue weighted by Crippen LogP contribution is 2.30. The number of hydrogen-bond donors (Lipinski definition) is 2. The Bertz CT molecular complexity index is 578. The van der Waals surface area contributed by atoms with E-state index in [1.807, 2.05) is 18.2 Å². The number of anilines is 1. The van der Waals surface area contributed by atoms with Crippen molar-refractivity contribution in [1.29, 1.82) is 0 Å². The number of carbonyl (C=O) groups excluding carboxylic acids is 1. The van der Waals surface area contributed by atoms with Gasteiger partial charge in [-0.2, -0.15) is 0 Å². The number of rotatable bonds is 4. The van der Waals surface area contributed by atoms with E-state index in [-0.39, 0.29) is 11.8 Å². The van der Waals surface area contributed by atoms with Gasteiger partial charge in [-0.1, -0.05) is 22.0 Å². The van der Waals surface area contributed by atoms with E-state index in [1.165, 1.54) is 0 Å². The minimum Gasteiger partial charge on any atom is -0.478 e. The monoisotopic (exact) mass is 352 g/mol. The molecule has 6 heteroatoms. The van der Waals surface area contributed by atoms with Crippen molar-refractivity contribution >= 4 is 39.6 Å². The van der Waals surface area contributed by atoms with E-state index in [1.54, 1.807) is 6.08 Å². The van der Waals surface area contributed by atoms with Crippen LogP contribution in [0.3, 0.4) is 0 Å². The Morgan fingerprint density at radius 3 is 2.57 bits per heavy atom. The van der Waals surface area contributed by atoms with Crippen LogP contribution in [0.4, 0.5) is 5.69 Å². The predicted octanol–water partition coefficient (Wildman–Crippen LogP) is 2.25. The molecule has 0 unspecified atom stereocenters. The Labute approximate surface area is 131 Å². The van der Waals surface area contributed by atoms with Crippen LogP contribution in [0.15, 0.2) is 28.7 Å². The van der Waals surface area contributed by atoms with Gasteiger partial charge >= 0.3 is 5.97 Å². The van der Waals surface area contributed by atoms with E-state index in [9.17, 15) is 9.59 Å². The highest BCUT2D eigenvalue weighted by atomic mass is 79.9. The van der Waals surface area contributed by atoms with E-state index in [2.05, 4.69) is 20.8 Å². The summed E-state index contributed by atoms with van der Waals surface area (Å²) < 4.78 is 0.932. The van der Waals surface area contributed by atoms with Crippen LogP contribution in [0.1, 0.15) is 18.4 Å². The molecule has 112 valence electrons. The first kappa shape index (κ1) is 15.6. The Hall–Kier alpha value is -1.82. The zero-order valence-corrected chi connectivity index (χ0v) is 13.0. The molecule has 2 rings (SSSR count). The van der Waals surface area contributed by atoms with Gasteiger partial charge < -0.3 is 15.7 Å². The predicted molar refractivity (Wildman–Crippen MR) is 84.9 cm³/mol. The molecule has 1 aromatic rings. The van der Waals surface area contributed by atoms with Crippen molar-refractivity contribution in [3.05, 3.63) is 34.3 Å². The maximum Gasteiger partial charge on any atom is 0.328 e. The fourth-order valence-corrected chi connectivity index (χ4v) is 2.85. The number of primary amides is 1. The van der Waals surface area contributed by atoms with Crippen molar-refractivity contribution in [2.45, 2.75) is 12.8 Å². The Morgan fingerprint density at radius 2 is 2.00 bits per heavy atom. The minimum atomic E-state index is -0.976. The van der Waals surface area contributed by atoms with Crippen molar-refractivity contribution in [1.82, 2.24) is 0 Å². The molecule has 1 fully saturated rings. The molecule has 0 bridgehead atoms. The number of carbonyl (C=O) groups is 2. The summed E-state index contributed by atoms with van der Waals surface area (Å²) >= 11 is 3.44. The fraction of sp³-hybridized carbons (Fsp3) is 0.333. The summed E-state index contributed by atoms with van der Waals surface area (Å²) in [5, 5.41) is 8.77. The minimum absolute atomic E-state index is 0.0635. The van der Waals surface area contributed by atoms with Gasteiger partial charge in [0.15, 0.2) is 0 Å². The number of benzene rings is 1. The molecule has 1 amide bonds. The van der Waals surface area contributed by atoms with Crippen molar-refractivity contribution in [2.24, 2.45) is 11.7 Å². The van der Waals surface area contributed by atoms with Crippen LogP contribution in [0.25, 0.3) is 6.08 Å². The maximum absolute atomic E-state index is 11.2. The second-order valence-electron chi connectivity index (χ2n) is 5.04. The quantitative estimate of drug-likeness (QED) is 0.814. The molecule has 3 N–H and O–H groups in total. The van der Waals surface area contributed by atoms with Gasteiger partial charge in [0.25, 0.3) is 0 Å². The number of nitrogens with two attached hydrogens (primary N) is 1. The molecule has 0 aliphatic carbocycles. The standard InChI is InChI=1S/C15H17BrN2O3/c16-12-3-1-10(2-4-14(19)20)13(9-12)18-7-5-11(6-8-18)15(17)21/h1-4,9,11H,5-8H2,(H2,17,21)(H,19,20)/b4-2+. The molecule has 0 aromatic heterocycles. The number of aliphatic carboxylic acids is 1. The average Bonchev–Trinajstić information content (AvgIpc) is 2.46. The normalized spacial score (nSPS) is 16.3. The lowest BCUT2D eigenvalue weighted by molar-refractivity contribution is -0.131. The van der Waals surface area contributed by atoms with Crippen molar-refractivity contribution < 1.29 is 14.7 Å². The molecule has 1 heterocycles. The molecular formula is C15H17BrN2O3. The van der Waals surface area contributed by atoms with Gasteiger partial charge in [-0.15, -0.1) is 0 Å². The van der Waals surface area contributed by atoms with Gasteiger partial charge in [-0.25, -0.2) is 4.79 Å². The summed E-state index contributed by atoms with van der Waals surface area (Å²) in [6.45, 7) is 1.47. The van der Waals surface area contributed by atoms with Gasteiger partial charge in [-0.05, 0) is 36.6 Å². The SMILES string of the molecule is NC(=O)C1CCN(c2cc(Br)ccc2/C=C/C(=O)O)CC1. The summed E-state index contributed by atoms with van der Waals surface area (Å²) in [5.74, 6) is -1.28. The maximum atomic E-state index is 11.2. The van der Waals surface area contributed by atoms with Gasteiger partial charge in [-0.3, -0.25) is 4.79 Å². The van der Waals surface area contributed by atoms with Crippen molar-refractivity contribution in [3.63, 3.8) is 0 Å². The van der Waals surface area contributed by atoms with Crippen molar-refractivity contribution in [2.75, 3.05) is 18.0 Å². The molecular weight excluding hydrogens is 336 g/mol. The van der Waals surface area contributed by atoms with Gasteiger partial charge in [0.2, 0.25) is 5.91 Å². The van der Waals surface area contributed by atoms with E-state index in [0.717, 1.165) is 47.7 Å². The van der Waals surface area contributed by atoms with Crippen LogP contribution in [-0.4, -0.2) is 30.1 Å². The molecule has 0 radical (unpaired) electrons. The molecule has 0 spiro atoms. The first-order valence-corrected chi connectivity index (χ1v) is 7.51. The number of carboxylic acids is 1. The Kier molecular flexibility index (Phi) is 5.01. The summed E-state index contributed by atoms with van der Waals surface area (Å²) in [6.07, 6.45) is 4.17. The largest absolute Gasteiger partial charge is 0.478 e. The van der Waals surface area contributed by atoms with Crippen molar-refractivity contribution in [3.8, 4) is 0 Å². The van der Waals surface area contributed by atoms with Gasteiger partial charge in [0.1, 0.15) is 0 Å². The zero-order valence-electron chi connectivity index (χ0n) is 11.5. The van der Waals surface area contributed by atoms with Crippen LogP contribution in [0.5, 0.6) is 0 Å². The number of piperidine rings is 1. The smallest absolute Gasteiger partial charge is 0.328 e. The lowest BCUT2D eigenvalue weighted by Gasteiger charge is -2.33. The number of amides is 1. The second-order valence-corrected chi connectivity index (χ2v) is 5.95. The highest BCUT2D eigenvalue weighted by molar-refractivity contribution is 9.10. The number of carboxylic acid groups (broad SMARTS) is 1. The molecule has 1 aliphatic rings. The van der Waals surface area contributed by atoms with Crippen LogP contribution >= 0.6 is 15.9 Å². The Balaban J connectivity index is 2.21. The Morgan fingerprint density at radius 1 is 1.33 bits per heavy atom. The van der Waals surface area contributed by atoms with E-state index in [4.69, 9.17) is 10.8 Å². The van der Waals surface area contributed by atoms with Gasteiger partial charge in [0, 0.05) is 35.2 Å². The van der Waals surface area contributed by atoms with Crippen LogP contribution in [-0.2, 0) is 9.59 Å². The number of nitrogens with zero attached hydrogens (tertiary/aromatic N) is 1. The lowest BCUT2D eigenvalue weighted by Crippen LogP contribution is -2.38. The third-order valence-corrected chi connectivity index (χ3v) is 4.13. The van der Waals surface area contributed by atoms with E-state index >= 15 is 0 Å². The van der Waals surface area contributed by atoms with E-state index in [0.29, 0.717) is 0 Å². The first-order chi connectivity index (χ1) is 9.97. The molecule has 1 aromatic carbocycles. The van der Waals surface area contributed by atoms with E-state index < -0.39 is 5.97 Å². The molecule has 1 saturated heterocycles. The zero-order chi connectivity index (χ0) is 15.4. The molecule has 0 atom stereocenters. The number of halogens is 1. The van der Waals surface area contributed by atoms with Crippen LogP contribution in [0, 0.1) is 5.92 Å². The van der Waals surface area contributed by atoms with Crippen LogP contribution in [0.2, 0.25) is 0 Å².